The molecule has 1 amide bonds. The number of anilines is 1. The molecule has 0 atom stereocenters. The Hall–Kier alpha value is -2.23. The molecule has 94 valence electrons. The summed E-state index contributed by atoms with van der Waals surface area (Å²) in [4.78, 5) is 13.8. The standard InChI is InChI=1S/C14H15NO3/c1-10-13(8-9-18-10)14(16)15(2)11-4-6-12(17-3)7-5-11/h4-9H,1-3H3. The number of amides is 1. The van der Waals surface area contributed by atoms with Crippen LogP contribution in [0.4, 0.5) is 5.69 Å². The van der Waals surface area contributed by atoms with Crippen molar-refractivity contribution in [2.24, 2.45) is 0 Å². The van der Waals surface area contributed by atoms with Crippen LogP contribution < -0.4 is 9.64 Å². The van der Waals surface area contributed by atoms with Crippen molar-refractivity contribution in [3.8, 4) is 5.75 Å². The highest BCUT2D eigenvalue weighted by atomic mass is 16.5. The first-order valence-corrected chi connectivity index (χ1v) is 5.59. The molecule has 1 aromatic heterocycles. The van der Waals surface area contributed by atoms with Crippen molar-refractivity contribution < 1.29 is 13.9 Å². The number of methoxy groups -OCH3 is 1. The van der Waals surface area contributed by atoms with Crippen LogP contribution in [0.3, 0.4) is 0 Å². The summed E-state index contributed by atoms with van der Waals surface area (Å²) in [6.07, 6.45) is 1.52. The Bertz CT molecular complexity index is 542. The molecule has 0 saturated carbocycles. The van der Waals surface area contributed by atoms with Crippen molar-refractivity contribution in [3.05, 3.63) is 47.9 Å². The van der Waals surface area contributed by atoms with E-state index in [1.807, 2.05) is 24.3 Å². The molecule has 0 aliphatic carbocycles. The molecule has 18 heavy (non-hydrogen) atoms. The fourth-order valence-corrected chi connectivity index (χ4v) is 1.71. The first kappa shape index (κ1) is 12.2. The number of hydrogen-bond donors (Lipinski definition) is 0. The predicted molar refractivity (Wildman–Crippen MR) is 69.2 cm³/mol. The molecule has 0 aliphatic rings. The van der Waals surface area contributed by atoms with E-state index in [0.717, 1.165) is 11.4 Å². The van der Waals surface area contributed by atoms with Gasteiger partial charge in [-0.25, -0.2) is 0 Å². The molecule has 1 heterocycles. The summed E-state index contributed by atoms with van der Waals surface area (Å²) in [7, 11) is 3.34. The van der Waals surface area contributed by atoms with Crippen molar-refractivity contribution in [1.29, 1.82) is 0 Å². The van der Waals surface area contributed by atoms with Gasteiger partial charge in [0.2, 0.25) is 0 Å². The Morgan fingerprint density at radius 2 is 1.89 bits per heavy atom. The zero-order chi connectivity index (χ0) is 13.1. The summed E-state index contributed by atoms with van der Waals surface area (Å²) in [5, 5.41) is 0. The number of carbonyl (C=O) groups is 1. The van der Waals surface area contributed by atoms with E-state index in [0.29, 0.717) is 11.3 Å². The fraction of sp³-hybridized carbons (Fsp3) is 0.214. The number of carbonyl (C=O) groups excluding carboxylic acids is 1. The summed E-state index contributed by atoms with van der Waals surface area (Å²) in [6.45, 7) is 1.77. The molecule has 4 nitrogen and oxygen atoms in total. The van der Waals surface area contributed by atoms with Gasteiger partial charge in [-0.15, -0.1) is 0 Å². The van der Waals surface area contributed by atoms with E-state index in [1.54, 1.807) is 32.0 Å². The molecule has 0 aliphatic heterocycles. The zero-order valence-corrected chi connectivity index (χ0v) is 10.6. The molecule has 0 unspecified atom stereocenters. The lowest BCUT2D eigenvalue weighted by molar-refractivity contribution is 0.0991. The summed E-state index contributed by atoms with van der Waals surface area (Å²) < 4.78 is 10.2. The van der Waals surface area contributed by atoms with E-state index in [-0.39, 0.29) is 5.91 Å². The van der Waals surface area contributed by atoms with Gasteiger partial charge in [0.15, 0.2) is 0 Å². The van der Waals surface area contributed by atoms with Crippen molar-refractivity contribution in [1.82, 2.24) is 0 Å². The van der Waals surface area contributed by atoms with Gasteiger partial charge < -0.3 is 14.1 Å². The SMILES string of the molecule is COc1ccc(N(C)C(=O)c2ccoc2C)cc1. The van der Waals surface area contributed by atoms with Gasteiger partial charge in [0.25, 0.3) is 5.91 Å². The van der Waals surface area contributed by atoms with Crippen LogP contribution in [0, 0.1) is 6.92 Å². The normalized spacial score (nSPS) is 10.2. The first-order valence-electron chi connectivity index (χ1n) is 5.59. The summed E-state index contributed by atoms with van der Waals surface area (Å²) >= 11 is 0. The van der Waals surface area contributed by atoms with Crippen molar-refractivity contribution >= 4 is 11.6 Å². The van der Waals surface area contributed by atoms with Gasteiger partial charge in [-0.2, -0.15) is 0 Å². The molecular weight excluding hydrogens is 230 g/mol. The van der Waals surface area contributed by atoms with Gasteiger partial charge in [-0.3, -0.25) is 4.79 Å². The van der Waals surface area contributed by atoms with E-state index >= 15 is 0 Å². The lowest BCUT2D eigenvalue weighted by Gasteiger charge is -2.17. The van der Waals surface area contributed by atoms with Crippen molar-refractivity contribution in [2.75, 3.05) is 19.1 Å². The maximum Gasteiger partial charge on any atom is 0.261 e. The number of rotatable bonds is 3. The number of nitrogens with zero attached hydrogens (tertiary/aromatic N) is 1. The number of furan rings is 1. The molecule has 0 N–H and O–H groups in total. The lowest BCUT2D eigenvalue weighted by atomic mass is 10.2. The van der Waals surface area contributed by atoms with Crippen LogP contribution in [0.2, 0.25) is 0 Å². The van der Waals surface area contributed by atoms with Crippen molar-refractivity contribution in [3.63, 3.8) is 0 Å². The number of ether oxygens (including phenoxy) is 1. The Morgan fingerprint density at radius 3 is 2.39 bits per heavy atom. The maximum absolute atomic E-state index is 12.2. The second-order valence-corrected chi connectivity index (χ2v) is 3.95. The van der Waals surface area contributed by atoms with Gasteiger partial charge >= 0.3 is 0 Å². The zero-order valence-electron chi connectivity index (χ0n) is 10.6. The molecule has 1 aromatic carbocycles. The fourth-order valence-electron chi connectivity index (χ4n) is 1.71. The summed E-state index contributed by atoms with van der Waals surface area (Å²) in [5.74, 6) is 1.30. The molecule has 0 radical (unpaired) electrons. The number of aryl methyl sites for hydroxylation is 1. The number of hydrogen-bond acceptors (Lipinski definition) is 3. The molecule has 0 saturated heterocycles. The molecule has 0 fully saturated rings. The third kappa shape index (κ3) is 2.22. The van der Waals surface area contributed by atoms with Crippen LogP contribution in [0.15, 0.2) is 41.0 Å². The van der Waals surface area contributed by atoms with Crippen LogP contribution in [-0.4, -0.2) is 20.1 Å². The minimum absolute atomic E-state index is 0.0913. The van der Waals surface area contributed by atoms with E-state index in [9.17, 15) is 4.79 Å². The third-order valence-corrected chi connectivity index (χ3v) is 2.85. The van der Waals surface area contributed by atoms with Crippen LogP contribution in [0.1, 0.15) is 16.1 Å². The summed E-state index contributed by atoms with van der Waals surface area (Å²) in [5.41, 5.74) is 1.38. The minimum atomic E-state index is -0.0913. The quantitative estimate of drug-likeness (QED) is 0.835. The highest BCUT2D eigenvalue weighted by Gasteiger charge is 2.17. The molecular formula is C14H15NO3. The van der Waals surface area contributed by atoms with Gasteiger partial charge in [0.1, 0.15) is 11.5 Å². The van der Waals surface area contributed by atoms with E-state index in [2.05, 4.69) is 0 Å². The molecule has 2 rings (SSSR count). The second-order valence-electron chi connectivity index (χ2n) is 3.95. The Balaban J connectivity index is 2.23. The van der Waals surface area contributed by atoms with Gasteiger partial charge in [0, 0.05) is 12.7 Å². The smallest absolute Gasteiger partial charge is 0.261 e. The average Bonchev–Trinajstić information content (AvgIpc) is 2.83. The van der Waals surface area contributed by atoms with E-state index in [1.165, 1.54) is 6.26 Å². The monoisotopic (exact) mass is 245 g/mol. The average molecular weight is 245 g/mol. The van der Waals surface area contributed by atoms with Gasteiger partial charge in [-0.1, -0.05) is 0 Å². The predicted octanol–water partition coefficient (Wildman–Crippen LogP) is 2.87. The van der Waals surface area contributed by atoms with Crippen LogP contribution in [0.25, 0.3) is 0 Å². The van der Waals surface area contributed by atoms with Crippen molar-refractivity contribution in [2.45, 2.75) is 6.92 Å². The largest absolute Gasteiger partial charge is 0.497 e. The Labute approximate surface area is 106 Å². The first-order chi connectivity index (χ1) is 8.63. The highest BCUT2D eigenvalue weighted by molar-refractivity contribution is 6.06. The Kier molecular flexibility index (Phi) is 3.37. The third-order valence-electron chi connectivity index (χ3n) is 2.85. The van der Waals surface area contributed by atoms with Crippen LogP contribution >= 0.6 is 0 Å². The van der Waals surface area contributed by atoms with E-state index in [4.69, 9.17) is 9.15 Å². The Morgan fingerprint density at radius 1 is 1.22 bits per heavy atom. The van der Waals surface area contributed by atoms with Crippen LogP contribution in [0.5, 0.6) is 5.75 Å². The lowest BCUT2D eigenvalue weighted by Crippen LogP contribution is -2.26. The molecule has 0 bridgehead atoms. The molecule has 2 aromatic rings. The maximum atomic E-state index is 12.2. The van der Waals surface area contributed by atoms with E-state index < -0.39 is 0 Å². The van der Waals surface area contributed by atoms with Gasteiger partial charge in [-0.05, 0) is 37.3 Å². The molecule has 4 heteroatoms. The second kappa shape index (κ2) is 4.96. The minimum Gasteiger partial charge on any atom is -0.497 e. The number of benzene rings is 1. The van der Waals surface area contributed by atoms with Crippen LogP contribution in [-0.2, 0) is 0 Å². The topological polar surface area (TPSA) is 42.7 Å². The van der Waals surface area contributed by atoms with Gasteiger partial charge in [0.05, 0.1) is 18.9 Å². The molecule has 0 spiro atoms. The summed E-state index contributed by atoms with van der Waals surface area (Å²) in [6, 6.07) is 9.00. The highest BCUT2D eigenvalue weighted by Crippen LogP contribution is 2.21.